The Bertz CT molecular complexity index is 1080. The van der Waals surface area contributed by atoms with Gasteiger partial charge in [0, 0.05) is 40.9 Å². The van der Waals surface area contributed by atoms with Crippen LogP contribution in [0.3, 0.4) is 0 Å². The average molecular weight is 432 g/mol. The van der Waals surface area contributed by atoms with E-state index in [2.05, 4.69) is 17.6 Å². The maximum Gasteiger partial charge on any atom is 0.194 e. The summed E-state index contributed by atoms with van der Waals surface area (Å²) in [7, 11) is 1.50. The lowest BCUT2D eigenvalue weighted by molar-refractivity contribution is 0.101. The van der Waals surface area contributed by atoms with Crippen molar-refractivity contribution in [2.24, 2.45) is 5.73 Å². The summed E-state index contributed by atoms with van der Waals surface area (Å²) in [5, 5.41) is 7.30. The molecule has 0 amide bonds. The number of aromatic nitrogens is 1. The van der Waals surface area contributed by atoms with Crippen LogP contribution < -0.4 is 10.5 Å². The Morgan fingerprint density at radius 2 is 1.69 bits per heavy atom. The van der Waals surface area contributed by atoms with Crippen molar-refractivity contribution in [2.75, 3.05) is 7.05 Å². The summed E-state index contributed by atoms with van der Waals surface area (Å²) in [4.78, 5) is 28.3. The van der Waals surface area contributed by atoms with Crippen molar-refractivity contribution >= 4 is 17.8 Å². The highest BCUT2D eigenvalue weighted by Crippen LogP contribution is 2.23. The fraction of sp³-hybridized carbons (Fsp3) is 0.231. The first-order chi connectivity index (χ1) is 15.5. The Hall–Kier alpha value is -3.64. The molecule has 1 heterocycles. The van der Waals surface area contributed by atoms with Gasteiger partial charge in [-0.15, -0.1) is 0 Å². The molecule has 0 unspecified atom stereocenters. The summed E-state index contributed by atoms with van der Waals surface area (Å²) < 4.78 is 5.99. The first-order valence-electron chi connectivity index (χ1n) is 10.5. The van der Waals surface area contributed by atoms with Crippen molar-refractivity contribution in [1.29, 1.82) is 5.41 Å². The fourth-order valence-corrected chi connectivity index (χ4v) is 3.14. The van der Waals surface area contributed by atoms with E-state index >= 15 is 0 Å². The number of ether oxygens (including phenoxy) is 1. The van der Waals surface area contributed by atoms with Crippen LogP contribution in [-0.4, -0.2) is 29.8 Å². The molecule has 1 aromatic heterocycles. The van der Waals surface area contributed by atoms with E-state index in [0.29, 0.717) is 28.9 Å². The van der Waals surface area contributed by atoms with Gasteiger partial charge in [0.05, 0.1) is 0 Å². The Kier molecular flexibility index (Phi) is 9.44. The van der Waals surface area contributed by atoms with Crippen LogP contribution in [0.2, 0.25) is 0 Å². The zero-order chi connectivity index (χ0) is 23.5. The van der Waals surface area contributed by atoms with Gasteiger partial charge in [-0.25, -0.2) is 0 Å². The van der Waals surface area contributed by atoms with Gasteiger partial charge in [0.25, 0.3) is 0 Å². The average Bonchev–Trinajstić information content (AvgIpc) is 2.84. The van der Waals surface area contributed by atoms with Crippen LogP contribution in [0, 0.1) is 5.41 Å². The molecule has 0 radical (unpaired) electrons. The van der Waals surface area contributed by atoms with Crippen molar-refractivity contribution in [1.82, 2.24) is 4.98 Å². The van der Waals surface area contributed by atoms with Crippen LogP contribution >= 0.6 is 0 Å². The third-order valence-electron chi connectivity index (χ3n) is 4.79. The monoisotopic (exact) mass is 431 g/mol. The minimum absolute atomic E-state index is 0.0421. The van der Waals surface area contributed by atoms with Gasteiger partial charge in [0.1, 0.15) is 12.4 Å². The van der Waals surface area contributed by atoms with Gasteiger partial charge in [0.2, 0.25) is 0 Å². The number of nitrogens with one attached hydrogen (secondary N) is 1. The topological polar surface area (TPSA) is 106 Å². The molecule has 0 saturated heterocycles. The summed E-state index contributed by atoms with van der Waals surface area (Å²) in [6.45, 7) is 4.02. The molecule has 0 aliphatic rings. The highest BCUT2D eigenvalue weighted by atomic mass is 16.5. The number of nitrogens with two attached hydrogens (primary N) is 1. The molecule has 0 spiro atoms. The van der Waals surface area contributed by atoms with Crippen LogP contribution in [0.15, 0.2) is 60.9 Å². The third-order valence-corrected chi connectivity index (χ3v) is 4.79. The zero-order valence-electron chi connectivity index (χ0n) is 18.7. The van der Waals surface area contributed by atoms with Crippen LogP contribution in [0.5, 0.6) is 5.75 Å². The summed E-state index contributed by atoms with van der Waals surface area (Å²) in [5.74, 6) is 0.681. The molecular weight excluding hydrogens is 402 g/mol. The molecular formula is C26H29N3O3. The Labute approximate surface area is 189 Å². The molecule has 2 aromatic carbocycles. The van der Waals surface area contributed by atoms with Gasteiger partial charge in [0.15, 0.2) is 11.6 Å². The Balaban J connectivity index is 0.00000176. The molecule has 0 atom stereocenters. The number of Topliss-reactive ketones (excluding diaryl/α,β-unsaturated/α-hetero) is 1. The maximum atomic E-state index is 12.6. The highest BCUT2D eigenvalue weighted by molar-refractivity contribution is 6.09. The number of carbonyl (C=O) groups excluding carboxylic acids is 2. The van der Waals surface area contributed by atoms with E-state index in [4.69, 9.17) is 10.1 Å². The summed E-state index contributed by atoms with van der Waals surface area (Å²) in [6.07, 6.45) is 6.02. The molecule has 0 aliphatic carbocycles. The lowest BCUT2D eigenvalue weighted by Gasteiger charge is -2.13. The molecule has 6 nitrogen and oxygen atoms in total. The first kappa shape index (κ1) is 24.6. The summed E-state index contributed by atoms with van der Waals surface area (Å²) in [6, 6.07) is 14.5. The minimum atomic E-state index is -0.135. The molecule has 0 aliphatic heterocycles. The number of rotatable bonds is 9. The highest BCUT2D eigenvalue weighted by Gasteiger charge is 2.11. The van der Waals surface area contributed by atoms with E-state index < -0.39 is 0 Å². The summed E-state index contributed by atoms with van der Waals surface area (Å²) in [5.41, 5.74) is 8.75. The third kappa shape index (κ3) is 6.43. The lowest BCUT2D eigenvalue weighted by Crippen LogP contribution is -2.04. The van der Waals surface area contributed by atoms with Crippen molar-refractivity contribution in [2.45, 2.75) is 33.3 Å². The second-order valence-corrected chi connectivity index (χ2v) is 7.09. The predicted octanol–water partition coefficient (Wildman–Crippen LogP) is 4.62. The van der Waals surface area contributed by atoms with Crippen LogP contribution in [-0.2, 0) is 13.0 Å². The van der Waals surface area contributed by atoms with Gasteiger partial charge in [-0.05, 0) is 55.8 Å². The van der Waals surface area contributed by atoms with Crippen molar-refractivity contribution < 1.29 is 14.3 Å². The number of hydrogen-bond acceptors (Lipinski definition) is 6. The van der Waals surface area contributed by atoms with Crippen LogP contribution in [0.25, 0.3) is 0 Å². The van der Waals surface area contributed by atoms with Crippen molar-refractivity contribution in [3.8, 4) is 5.75 Å². The molecule has 3 aromatic rings. The van der Waals surface area contributed by atoms with Gasteiger partial charge in [-0.2, -0.15) is 0 Å². The maximum absolute atomic E-state index is 12.6. The van der Waals surface area contributed by atoms with Gasteiger partial charge in [-0.3, -0.25) is 14.6 Å². The SMILES string of the molecule is CCCc1cc(C(C)=O)ccc1OCc1ccc(C(=O)c2cncc(C=N)c2)cc1.CN. The van der Waals surface area contributed by atoms with Gasteiger partial charge < -0.3 is 15.9 Å². The number of carbonyl (C=O) groups is 2. The number of pyridine rings is 1. The van der Waals surface area contributed by atoms with E-state index in [9.17, 15) is 9.59 Å². The fourth-order valence-electron chi connectivity index (χ4n) is 3.14. The van der Waals surface area contributed by atoms with E-state index in [-0.39, 0.29) is 11.6 Å². The predicted molar refractivity (Wildman–Crippen MR) is 127 cm³/mol. The molecule has 0 fully saturated rings. The lowest BCUT2D eigenvalue weighted by atomic mass is 10.0. The quantitative estimate of drug-likeness (QED) is 0.380. The summed E-state index contributed by atoms with van der Waals surface area (Å²) >= 11 is 0. The molecule has 166 valence electrons. The second kappa shape index (κ2) is 12.3. The van der Waals surface area contributed by atoms with Crippen LogP contribution in [0.1, 0.15) is 63.2 Å². The molecule has 0 bridgehead atoms. The van der Waals surface area contributed by atoms with Crippen LogP contribution in [0.4, 0.5) is 0 Å². The standard InChI is InChI=1S/C25H24N2O3.CH5N/c1-3-4-22-12-21(17(2)28)9-10-24(22)30-16-18-5-7-20(8-6-18)25(29)23-11-19(13-26)14-27-15-23;1-2/h5-15,26H,3-4,16H2,1-2H3;2H2,1H3. The van der Waals surface area contributed by atoms with E-state index in [1.54, 1.807) is 37.4 Å². The Morgan fingerprint density at radius 1 is 1.00 bits per heavy atom. The van der Waals surface area contributed by atoms with E-state index in [1.165, 1.54) is 19.5 Å². The molecule has 3 rings (SSSR count). The smallest absolute Gasteiger partial charge is 0.194 e. The molecule has 0 saturated carbocycles. The van der Waals surface area contributed by atoms with E-state index in [1.807, 2.05) is 24.3 Å². The number of benzene rings is 2. The number of ketones is 2. The normalized spacial score (nSPS) is 10.0. The molecule has 32 heavy (non-hydrogen) atoms. The van der Waals surface area contributed by atoms with Crippen molar-refractivity contribution in [3.05, 3.63) is 94.3 Å². The largest absolute Gasteiger partial charge is 0.489 e. The first-order valence-corrected chi connectivity index (χ1v) is 10.5. The number of hydrogen-bond donors (Lipinski definition) is 2. The Morgan fingerprint density at radius 3 is 2.31 bits per heavy atom. The number of nitrogens with zero attached hydrogens (tertiary/aromatic N) is 1. The van der Waals surface area contributed by atoms with E-state index in [0.717, 1.165) is 29.7 Å². The zero-order valence-corrected chi connectivity index (χ0v) is 18.7. The van der Waals surface area contributed by atoms with Crippen molar-refractivity contribution in [3.63, 3.8) is 0 Å². The minimum Gasteiger partial charge on any atom is -0.489 e. The van der Waals surface area contributed by atoms with Gasteiger partial charge >= 0.3 is 0 Å². The second-order valence-electron chi connectivity index (χ2n) is 7.09. The molecule has 6 heteroatoms. The number of aryl methyl sites for hydroxylation is 1. The van der Waals surface area contributed by atoms with Gasteiger partial charge in [-0.1, -0.05) is 37.6 Å². The molecule has 3 N–H and O–H groups in total.